The molecule has 2 aromatic carbocycles. The first-order valence-corrected chi connectivity index (χ1v) is 10.7. The molecule has 3 rings (SSSR count). The second-order valence-corrected chi connectivity index (χ2v) is 7.57. The van der Waals surface area contributed by atoms with Gasteiger partial charge in [-0.2, -0.15) is 0 Å². The van der Waals surface area contributed by atoms with Gasteiger partial charge >= 0.3 is 0 Å². The SMILES string of the molecule is CCOc1ccc(C(CNC(=O)c2ccc(Cl)cc2[N+](=O)[O-])N2CCOCC2)cc1OC. The maximum absolute atomic E-state index is 12.8. The third kappa shape index (κ3) is 5.67. The van der Waals surface area contributed by atoms with Crippen LogP contribution in [-0.2, 0) is 4.74 Å². The number of methoxy groups -OCH3 is 1. The Kier molecular flexibility index (Phi) is 8.26. The molecule has 1 saturated heterocycles. The summed E-state index contributed by atoms with van der Waals surface area (Å²) in [5, 5.41) is 14.4. The van der Waals surface area contributed by atoms with E-state index >= 15 is 0 Å². The summed E-state index contributed by atoms with van der Waals surface area (Å²) in [6.07, 6.45) is 0. The zero-order valence-corrected chi connectivity index (χ0v) is 18.8. The second-order valence-electron chi connectivity index (χ2n) is 7.14. The molecule has 0 radical (unpaired) electrons. The van der Waals surface area contributed by atoms with Crippen molar-refractivity contribution in [2.45, 2.75) is 13.0 Å². The summed E-state index contributed by atoms with van der Waals surface area (Å²) in [6, 6.07) is 9.48. The van der Waals surface area contributed by atoms with Crippen molar-refractivity contribution >= 4 is 23.2 Å². The van der Waals surface area contributed by atoms with Crippen LogP contribution in [0.4, 0.5) is 5.69 Å². The minimum absolute atomic E-state index is 0.0376. The molecule has 0 bridgehead atoms. The Morgan fingerprint density at radius 3 is 2.66 bits per heavy atom. The third-order valence-electron chi connectivity index (χ3n) is 5.22. The monoisotopic (exact) mass is 463 g/mol. The molecular weight excluding hydrogens is 438 g/mol. The van der Waals surface area contributed by atoms with Crippen LogP contribution in [0.1, 0.15) is 28.9 Å². The van der Waals surface area contributed by atoms with Crippen LogP contribution in [0.3, 0.4) is 0 Å². The number of halogens is 1. The molecule has 10 heteroatoms. The lowest BCUT2D eigenvalue weighted by Crippen LogP contribution is -2.43. The van der Waals surface area contributed by atoms with Gasteiger partial charge < -0.3 is 19.5 Å². The Hall–Kier alpha value is -2.88. The normalized spacial score (nSPS) is 15.1. The number of carbonyl (C=O) groups excluding carboxylic acids is 1. The average molecular weight is 464 g/mol. The van der Waals surface area contributed by atoms with Crippen molar-refractivity contribution in [1.82, 2.24) is 10.2 Å². The molecule has 32 heavy (non-hydrogen) atoms. The maximum Gasteiger partial charge on any atom is 0.283 e. The Morgan fingerprint density at radius 2 is 2.00 bits per heavy atom. The van der Waals surface area contributed by atoms with Crippen molar-refractivity contribution < 1.29 is 23.9 Å². The van der Waals surface area contributed by atoms with Gasteiger partial charge in [-0.15, -0.1) is 0 Å². The van der Waals surface area contributed by atoms with Crippen molar-refractivity contribution in [2.75, 3.05) is 46.6 Å². The van der Waals surface area contributed by atoms with E-state index in [1.165, 1.54) is 18.2 Å². The Labute approximate surface area is 191 Å². The smallest absolute Gasteiger partial charge is 0.283 e. The summed E-state index contributed by atoms with van der Waals surface area (Å²) in [5.74, 6) is 0.701. The molecule has 1 atom stereocenters. The number of nitro groups is 1. The number of morpholine rings is 1. The molecular formula is C22H26ClN3O6. The predicted molar refractivity (Wildman–Crippen MR) is 120 cm³/mol. The summed E-state index contributed by atoms with van der Waals surface area (Å²) >= 11 is 5.86. The van der Waals surface area contributed by atoms with E-state index in [0.717, 1.165) is 5.56 Å². The first kappa shape index (κ1) is 23.8. The Morgan fingerprint density at radius 1 is 1.25 bits per heavy atom. The van der Waals surface area contributed by atoms with Gasteiger partial charge in [0.2, 0.25) is 0 Å². The van der Waals surface area contributed by atoms with Gasteiger partial charge in [0.05, 0.1) is 37.9 Å². The summed E-state index contributed by atoms with van der Waals surface area (Å²) in [5.41, 5.74) is 0.558. The molecule has 0 aliphatic carbocycles. The first-order valence-electron chi connectivity index (χ1n) is 10.3. The molecule has 1 unspecified atom stereocenters. The average Bonchev–Trinajstić information content (AvgIpc) is 2.80. The largest absolute Gasteiger partial charge is 0.493 e. The summed E-state index contributed by atoms with van der Waals surface area (Å²) in [7, 11) is 1.58. The zero-order chi connectivity index (χ0) is 23.1. The molecule has 0 saturated carbocycles. The second kappa shape index (κ2) is 11.1. The van der Waals surface area contributed by atoms with Crippen LogP contribution < -0.4 is 14.8 Å². The number of hydrogen-bond donors (Lipinski definition) is 1. The quantitative estimate of drug-likeness (QED) is 0.448. The van der Waals surface area contributed by atoms with Gasteiger partial charge in [-0.05, 0) is 36.8 Å². The topological polar surface area (TPSA) is 103 Å². The molecule has 1 N–H and O–H groups in total. The highest BCUT2D eigenvalue weighted by molar-refractivity contribution is 6.31. The highest BCUT2D eigenvalue weighted by Gasteiger charge is 2.26. The van der Waals surface area contributed by atoms with E-state index in [1.807, 2.05) is 25.1 Å². The number of hydrogen-bond acceptors (Lipinski definition) is 7. The number of nitrogens with zero attached hydrogens (tertiary/aromatic N) is 2. The summed E-state index contributed by atoms with van der Waals surface area (Å²) in [4.78, 5) is 25.8. The first-order chi connectivity index (χ1) is 15.4. The molecule has 1 amide bonds. The van der Waals surface area contributed by atoms with E-state index in [1.54, 1.807) is 7.11 Å². The number of rotatable bonds is 9. The van der Waals surface area contributed by atoms with Crippen LogP contribution in [0.15, 0.2) is 36.4 Å². The number of nitrogens with one attached hydrogen (secondary N) is 1. The van der Waals surface area contributed by atoms with Crippen LogP contribution >= 0.6 is 11.6 Å². The predicted octanol–water partition coefficient (Wildman–Crippen LogP) is 3.46. The van der Waals surface area contributed by atoms with E-state index in [0.29, 0.717) is 44.4 Å². The van der Waals surface area contributed by atoms with Crippen molar-refractivity contribution in [3.05, 3.63) is 62.7 Å². The third-order valence-corrected chi connectivity index (χ3v) is 5.45. The number of nitro benzene ring substituents is 1. The minimum atomic E-state index is -0.614. The molecule has 9 nitrogen and oxygen atoms in total. The van der Waals surface area contributed by atoms with Crippen molar-refractivity contribution in [3.63, 3.8) is 0 Å². The van der Waals surface area contributed by atoms with Gasteiger partial charge in [0.25, 0.3) is 11.6 Å². The zero-order valence-electron chi connectivity index (χ0n) is 18.0. The van der Waals surface area contributed by atoms with Gasteiger partial charge in [-0.3, -0.25) is 19.8 Å². The van der Waals surface area contributed by atoms with E-state index in [-0.39, 0.29) is 28.9 Å². The van der Waals surface area contributed by atoms with Gasteiger partial charge in [0, 0.05) is 30.7 Å². The number of carbonyl (C=O) groups is 1. The standard InChI is InChI=1S/C22H26ClN3O6/c1-3-32-20-7-4-15(12-21(20)30-2)19(25-8-10-31-11-9-25)14-24-22(27)17-6-5-16(23)13-18(17)26(28)29/h4-7,12-13,19H,3,8-11,14H2,1-2H3,(H,24,27). The Balaban J connectivity index is 1.85. The Bertz CT molecular complexity index is 965. The number of amides is 1. The van der Waals surface area contributed by atoms with E-state index in [4.69, 9.17) is 25.8 Å². The van der Waals surface area contributed by atoms with Crippen LogP contribution in [0.2, 0.25) is 5.02 Å². The van der Waals surface area contributed by atoms with E-state index in [9.17, 15) is 14.9 Å². The van der Waals surface area contributed by atoms with E-state index < -0.39 is 10.8 Å². The molecule has 0 aromatic heterocycles. The lowest BCUT2D eigenvalue weighted by Gasteiger charge is -2.35. The van der Waals surface area contributed by atoms with Crippen LogP contribution in [0.25, 0.3) is 0 Å². The fourth-order valence-electron chi connectivity index (χ4n) is 3.65. The molecule has 1 aliphatic rings. The molecule has 0 spiro atoms. The van der Waals surface area contributed by atoms with Crippen molar-refractivity contribution in [3.8, 4) is 11.5 Å². The highest BCUT2D eigenvalue weighted by atomic mass is 35.5. The van der Waals surface area contributed by atoms with E-state index in [2.05, 4.69) is 10.2 Å². The minimum Gasteiger partial charge on any atom is -0.493 e. The van der Waals surface area contributed by atoms with Crippen LogP contribution in [0, 0.1) is 10.1 Å². The fourth-order valence-corrected chi connectivity index (χ4v) is 3.81. The lowest BCUT2D eigenvalue weighted by molar-refractivity contribution is -0.385. The van der Waals surface area contributed by atoms with Crippen LogP contribution in [-0.4, -0.2) is 62.3 Å². The summed E-state index contributed by atoms with van der Waals surface area (Å²) < 4.78 is 16.6. The van der Waals surface area contributed by atoms with Gasteiger partial charge in [0.15, 0.2) is 11.5 Å². The highest BCUT2D eigenvalue weighted by Crippen LogP contribution is 2.32. The van der Waals surface area contributed by atoms with Gasteiger partial charge in [-0.25, -0.2) is 0 Å². The lowest BCUT2D eigenvalue weighted by atomic mass is 10.0. The summed E-state index contributed by atoms with van der Waals surface area (Å²) in [6.45, 7) is 5.21. The molecule has 1 aliphatic heterocycles. The molecule has 172 valence electrons. The van der Waals surface area contributed by atoms with Gasteiger partial charge in [0.1, 0.15) is 5.56 Å². The van der Waals surface area contributed by atoms with Crippen LogP contribution in [0.5, 0.6) is 11.5 Å². The van der Waals surface area contributed by atoms with Gasteiger partial charge in [-0.1, -0.05) is 17.7 Å². The molecule has 2 aromatic rings. The van der Waals surface area contributed by atoms with Crippen molar-refractivity contribution in [2.24, 2.45) is 0 Å². The number of ether oxygens (including phenoxy) is 3. The maximum atomic E-state index is 12.8. The van der Waals surface area contributed by atoms with Crippen molar-refractivity contribution in [1.29, 1.82) is 0 Å². The fraction of sp³-hybridized carbons (Fsp3) is 0.409. The molecule has 1 heterocycles. The molecule has 1 fully saturated rings. The number of benzene rings is 2.